The molecule has 0 fully saturated rings. The fourth-order valence-electron chi connectivity index (χ4n) is 1.09. The normalized spacial score (nSPS) is 10.1. The lowest BCUT2D eigenvalue weighted by atomic mass is 10.2. The average Bonchev–Trinajstić information content (AvgIpc) is 2.70. The summed E-state index contributed by atoms with van der Waals surface area (Å²) in [5, 5.41) is 3.78. The molecule has 0 saturated heterocycles. The highest BCUT2D eigenvalue weighted by Crippen LogP contribution is 2.11. The second kappa shape index (κ2) is 4.15. The van der Waals surface area contributed by atoms with E-state index >= 15 is 0 Å². The van der Waals surface area contributed by atoms with Gasteiger partial charge in [-0.2, -0.15) is 0 Å². The predicted molar refractivity (Wildman–Crippen MR) is 55.3 cm³/mol. The third-order valence-electron chi connectivity index (χ3n) is 1.79. The van der Waals surface area contributed by atoms with Crippen LogP contribution in [0.2, 0.25) is 5.02 Å². The van der Waals surface area contributed by atoms with Gasteiger partial charge in [0.15, 0.2) is 0 Å². The molecule has 2 aromatic rings. The lowest BCUT2D eigenvalue weighted by molar-refractivity contribution is 0.571. The number of halogens is 1. The Labute approximate surface area is 86.7 Å². The predicted octanol–water partition coefficient (Wildman–Crippen LogP) is 2.94. The van der Waals surface area contributed by atoms with Gasteiger partial charge in [0.2, 0.25) is 0 Å². The fraction of sp³-hybridized carbons (Fsp3) is 0.100. The Balaban J connectivity index is 1.95. The largest absolute Gasteiger partial charge is 0.432 e. The molecule has 0 aliphatic carbocycles. The van der Waals surface area contributed by atoms with Crippen LogP contribution < -0.4 is 5.32 Å². The maximum atomic E-state index is 5.76. The molecule has 0 amide bonds. The Morgan fingerprint density at radius 1 is 1.29 bits per heavy atom. The highest BCUT2D eigenvalue weighted by molar-refractivity contribution is 6.30. The van der Waals surface area contributed by atoms with Crippen LogP contribution in [0.25, 0.3) is 0 Å². The van der Waals surface area contributed by atoms with Crippen molar-refractivity contribution in [2.75, 3.05) is 5.32 Å². The van der Waals surface area contributed by atoms with Crippen molar-refractivity contribution in [3.05, 3.63) is 47.3 Å². The molecule has 0 aliphatic rings. The van der Waals surface area contributed by atoms with Crippen molar-refractivity contribution in [1.82, 2.24) is 4.98 Å². The molecule has 72 valence electrons. The summed E-state index contributed by atoms with van der Waals surface area (Å²) in [4.78, 5) is 3.95. The number of aromatic nitrogens is 1. The van der Waals surface area contributed by atoms with Crippen LogP contribution in [0.3, 0.4) is 0 Å². The van der Waals surface area contributed by atoms with E-state index < -0.39 is 0 Å². The van der Waals surface area contributed by atoms with Gasteiger partial charge in [0.1, 0.15) is 6.26 Å². The average molecular weight is 209 g/mol. The number of hydrogen-bond acceptors (Lipinski definition) is 3. The first-order chi connectivity index (χ1) is 6.84. The molecule has 1 aromatic carbocycles. The summed E-state index contributed by atoms with van der Waals surface area (Å²) in [5.41, 5.74) is 1.13. The molecule has 0 radical (unpaired) electrons. The van der Waals surface area contributed by atoms with Gasteiger partial charge in [-0.15, -0.1) is 0 Å². The molecule has 0 saturated carbocycles. The highest BCUT2D eigenvalue weighted by Gasteiger charge is 1.96. The summed E-state index contributed by atoms with van der Waals surface area (Å²) in [6, 6.07) is 8.15. The molecule has 1 heterocycles. The maximum absolute atomic E-state index is 5.76. The first-order valence-corrected chi connectivity index (χ1v) is 4.60. The third-order valence-corrected chi connectivity index (χ3v) is 2.04. The number of nitrogens with one attached hydrogen (secondary N) is 1. The second-order valence-electron chi connectivity index (χ2n) is 2.82. The quantitative estimate of drug-likeness (QED) is 0.843. The van der Waals surface area contributed by atoms with E-state index in [-0.39, 0.29) is 0 Å². The molecule has 0 spiro atoms. The van der Waals surface area contributed by atoms with E-state index in [9.17, 15) is 0 Å². The minimum atomic E-state index is 0.528. The molecular weight excluding hydrogens is 200 g/mol. The summed E-state index contributed by atoms with van der Waals surface area (Å²) in [6.07, 6.45) is 3.13. The van der Waals surface area contributed by atoms with Crippen molar-refractivity contribution in [2.45, 2.75) is 6.54 Å². The van der Waals surface area contributed by atoms with Crippen molar-refractivity contribution in [3.8, 4) is 0 Å². The summed E-state index contributed by atoms with van der Waals surface area (Å²) in [7, 11) is 0. The number of benzene rings is 1. The van der Waals surface area contributed by atoms with Crippen molar-refractivity contribution in [1.29, 1.82) is 0 Å². The summed E-state index contributed by atoms with van der Waals surface area (Å²) < 4.78 is 5.03. The second-order valence-corrected chi connectivity index (χ2v) is 3.25. The Morgan fingerprint density at radius 3 is 2.71 bits per heavy atom. The first-order valence-electron chi connectivity index (χ1n) is 4.22. The van der Waals surface area contributed by atoms with Crippen molar-refractivity contribution in [2.24, 2.45) is 0 Å². The summed E-state index contributed by atoms with van der Waals surface area (Å²) in [5.74, 6) is 0. The molecule has 0 bridgehead atoms. The van der Waals surface area contributed by atoms with Crippen molar-refractivity contribution in [3.63, 3.8) is 0 Å². The molecule has 4 heteroatoms. The number of hydrogen-bond donors (Lipinski definition) is 1. The van der Waals surface area contributed by atoms with Crippen LogP contribution in [0.1, 0.15) is 5.56 Å². The number of rotatable bonds is 3. The zero-order valence-electron chi connectivity index (χ0n) is 7.40. The molecule has 0 unspecified atom stereocenters. The van der Waals surface area contributed by atoms with Crippen LogP contribution in [0.15, 0.2) is 41.1 Å². The van der Waals surface area contributed by atoms with Crippen LogP contribution in [-0.2, 0) is 6.54 Å². The molecule has 3 nitrogen and oxygen atoms in total. The van der Waals surface area contributed by atoms with Gasteiger partial charge in [-0.3, -0.25) is 0 Å². The fourth-order valence-corrected chi connectivity index (χ4v) is 1.22. The van der Waals surface area contributed by atoms with Gasteiger partial charge in [-0.25, -0.2) is 4.98 Å². The summed E-state index contributed by atoms with van der Waals surface area (Å²) >= 11 is 5.76. The minimum absolute atomic E-state index is 0.528. The Kier molecular flexibility index (Phi) is 2.70. The number of anilines is 1. The van der Waals surface area contributed by atoms with Crippen LogP contribution in [0.4, 0.5) is 6.01 Å². The Bertz CT molecular complexity index is 383. The molecule has 1 aromatic heterocycles. The topological polar surface area (TPSA) is 38.1 Å². The lowest BCUT2D eigenvalue weighted by Gasteiger charge is -2.01. The zero-order chi connectivity index (χ0) is 9.80. The van der Waals surface area contributed by atoms with Gasteiger partial charge in [0.05, 0.1) is 6.20 Å². The van der Waals surface area contributed by atoms with Crippen LogP contribution in [-0.4, -0.2) is 4.98 Å². The smallest absolute Gasteiger partial charge is 0.294 e. The minimum Gasteiger partial charge on any atom is -0.432 e. The van der Waals surface area contributed by atoms with Crippen LogP contribution in [0.5, 0.6) is 0 Å². The van der Waals surface area contributed by atoms with Gasteiger partial charge in [-0.05, 0) is 17.7 Å². The van der Waals surface area contributed by atoms with E-state index in [0.29, 0.717) is 12.6 Å². The van der Waals surface area contributed by atoms with E-state index in [2.05, 4.69) is 10.3 Å². The van der Waals surface area contributed by atoms with Gasteiger partial charge < -0.3 is 9.73 Å². The maximum Gasteiger partial charge on any atom is 0.294 e. The third kappa shape index (κ3) is 2.26. The van der Waals surface area contributed by atoms with E-state index in [1.807, 2.05) is 24.3 Å². The first kappa shape index (κ1) is 9.09. The SMILES string of the molecule is Clc1ccc(CNc2ncco2)cc1. The van der Waals surface area contributed by atoms with Crippen molar-refractivity contribution >= 4 is 17.6 Å². The monoisotopic (exact) mass is 208 g/mol. The van der Waals surface area contributed by atoms with E-state index in [4.69, 9.17) is 16.0 Å². The van der Waals surface area contributed by atoms with Gasteiger partial charge in [0, 0.05) is 11.6 Å². The number of nitrogens with zero attached hydrogens (tertiary/aromatic N) is 1. The standard InChI is InChI=1S/C10H9ClN2O/c11-9-3-1-8(2-4-9)7-13-10-12-5-6-14-10/h1-6H,7H2,(H,12,13). The Hall–Kier alpha value is -1.48. The van der Waals surface area contributed by atoms with Gasteiger partial charge in [-0.1, -0.05) is 23.7 Å². The van der Waals surface area contributed by atoms with E-state index in [1.165, 1.54) is 6.26 Å². The molecule has 0 aliphatic heterocycles. The Morgan fingerprint density at radius 2 is 2.07 bits per heavy atom. The molecule has 0 atom stereocenters. The molecule has 14 heavy (non-hydrogen) atoms. The highest BCUT2D eigenvalue weighted by atomic mass is 35.5. The lowest BCUT2D eigenvalue weighted by Crippen LogP contribution is -1.98. The van der Waals surface area contributed by atoms with Crippen LogP contribution in [0, 0.1) is 0 Å². The summed E-state index contributed by atoms with van der Waals surface area (Å²) in [6.45, 7) is 0.678. The van der Waals surface area contributed by atoms with E-state index in [1.54, 1.807) is 6.20 Å². The van der Waals surface area contributed by atoms with E-state index in [0.717, 1.165) is 10.6 Å². The van der Waals surface area contributed by atoms with Crippen molar-refractivity contribution < 1.29 is 4.42 Å². The van der Waals surface area contributed by atoms with Crippen LogP contribution >= 0.6 is 11.6 Å². The van der Waals surface area contributed by atoms with Gasteiger partial charge in [0.25, 0.3) is 6.01 Å². The zero-order valence-corrected chi connectivity index (χ0v) is 8.16. The number of oxazole rings is 1. The molecule has 2 rings (SSSR count). The van der Waals surface area contributed by atoms with Gasteiger partial charge >= 0.3 is 0 Å². The molecular formula is C10H9ClN2O. The molecule has 1 N–H and O–H groups in total.